The van der Waals surface area contributed by atoms with Crippen LogP contribution in [0.4, 0.5) is 0 Å². The van der Waals surface area contributed by atoms with Gasteiger partial charge in [-0.25, -0.2) is 0 Å². The third kappa shape index (κ3) is 8.83. The van der Waals surface area contributed by atoms with Crippen LogP contribution in [-0.2, 0) is 28.7 Å². The summed E-state index contributed by atoms with van der Waals surface area (Å²) in [5.41, 5.74) is 0.0736. The quantitative estimate of drug-likeness (QED) is 0.244. The second-order valence-electron chi connectivity index (χ2n) is 9.47. The molecule has 0 unspecified atom stereocenters. The molecular weight excluding hydrogens is 488 g/mol. The average molecular weight is 525 g/mol. The first kappa shape index (κ1) is 29.2. The zero-order chi connectivity index (χ0) is 26.1. The molecule has 2 amide bonds. The van der Waals surface area contributed by atoms with Crippen molar-refractivity contribution in [3.63, 3.8) is 0 Å². The van der Waals surface area contributed by atoms with E-state index in [2.05, 4.69) is 10.6 Å². The van der Waals surface area contributed by atoms with Gasteiger partial charge in [-0.1, -0.05) is 61.4 Å². The van der Waals surface area contributed by atoms with Crippen molar-refractivity contribution in [2.45, 2.75) is 71.8 Å². The lowest BCUT2D eigenvalue weighted by molar-refractivity contribution is -0.155. The van der Waals surface area contributed by atoms with Gasteiger partial charge in [0.25, 0.3) is 5.91 Å². The van der Waals surface area contributed by atoms with E-state index in [1.54, 1.807) is 13.0 Å². The summed E-state index contributed by atoms with van der Waals surface area (Å²) in [5, 5.41) is 4.46. The van der Waals surface area contributed by atoms with Crippen LogP contribution in [0.15, 0.2) is 23.9 Å². The van der Waals surface area contributed by atoms with Gasteiger partial charge in [0.2, 0.25) is 5.91 Å². The smallest absolute Gasteiger partial charge is 0.310 e. The fourth-order valence-electron chi connectivity index (χ4n) is 3.82. The molecule has 194 valence electrons. The first-order valence-corrected chi connectivity index (χ1v) is 14.4. The van der Waals surface area contributed by atoms with Crippen molar-refractivity contribution in [1.82, 2.24) is 10.6 Å². The molecule has 3 aliphatic rings. The first-order valence-electron chi connectivity index (χ1n) is 12.0. The van der Waals surface area contributed by atoms with Crippen LogP contribution in [-0.4, -0.2) is 46.6 Å². The maximum atomic E-state index is 13.1. The number of esters is 1. The summed E-state index contributed by atoms with van der Waals surface area (Å²) < 4.78 is 5.73. The number of fused-ring (bicyclic) bond motifs is 16. The van der Waals surface area contributed by atoms with Crippen molar-refractivity contribution < 1.29 is 28.7 Å². The van der Waals surface area contributed by atoms with Gasteiger partial charge in [-0.3, -0.25) is 24.0 Å². The topological polar surface area (TPSA) is 119 Å². The van der Waals surface area contributed by atoms with Crippen molar-refractivity contribution >= 4 is 50.9 Å². The van der Waals surface area contributed by atoms with Crippen LogP contribution in [0, 0.1) is 23.7 Å². The van der Waals surface area contributed by atoms with E-state index in [1.807, 2.05) is 33.8 Å². The van der Waals surface area contributed by atoms with Crippen molar-refractivity contribution in [2.75, 3.05) is 5.75 Å². The number of amides is 2. The largest absolute Gasteiger partial charge is 0.457 e. The Balaban J connectivity index is 2.55. The Kier molecular flexibility index (Phi) is 11.6. The van der Waals surface area contributed by atoms with Gasteiger partial charge in [0.1, 0.15) is 11.9 Å². The molecule has 1 saturated heterocycles. The average Bonchev–Trinajstić information content (AvgIpc) is 2.78. The van der Waals surface area contributed by atoms with E-state index in [1.165, 1.54) is 27.7 Å². The Morgan fingerprint density at radius 3 is 2.29 bits per heavy atom. The maximum Gasteiger partial charge on any atom is 0.310 e. The standard InChI is InChI=1S/C25H36N2O6S2/c1-6-20-21(29)13-19(15(4)5)25(32)33-17-9-7-8-10-34-35-24(23(31)26-20)27-22(30)18(14(2)3)12-16(28)11-17/h6-7,9,14-15,17-19,24H,8,10-13H2,1-5H3,(H,26,31)(H,27,30)/b9-7-,20-6+/t17-,18-,19+,24-/m1/s1. The van der Waals surface area contributed by atoms with Gasteiger partial charge in [0.15, 0.2) is 11.2 Å². The molecule has 2 bridgehead atoms. The Hall–Kier alpha value is -2.07. The zero-order valence-corrected chi connectivity index (χ0v) is 22.6. The highest BCUT2D eigenvalue weighted by molar-refractivity contribution is 8.77. The summed E-state index contributed by atoms with van der Waals surface area (Å²) in [6.07, 6.45) is 4.70. The lowest BCUT2D eigenvalue weighted by Gasteiger charge is -2.26. The van der Waals surface area contributed by atoms with E-state index in [4.69, 9.17) is 4.74 Å². The normalized spacial score (nSPS) is 30.3. The predicted molar refractivity (Wildman–Crippen MR) is 138 cm³/mol. The predicted octanol–water partition coefficient (Wildman–Crippen LogP) is 3.57. The highest BCUT2D eigenvalue weighted by atomic mass is 33.1. The molecular formula is C25H36N2O6S2. The molecule has 0 saturated carbocycles. The number of carbonyl (C=O) groups is 5. The van der Waals surface area contributed by atoms with Crippen molar-refractivity contribution in [3.8, 4) is 0 Å². The van der Waals surface area contributed by atoms with Gasteiger partial charge in [-0.2, -0.15) is 0 Å². The number of carbonyl (C=O) groups excluding carboxylic acids is 5. The maximum absolute atomic E-state index is 13.1. The highest BCUT2D eigenvalue weighted by Crippen LogP contribution is 2.29. The van der Waals surface area contributed by atoms with Crippen LogP contribution < -0.4 is 10.6 Å². The minimum atomic E-state index is -0.954. The Bertz CT molecular complexity index is 883. The van der Waals surface area contributed by atoms with Gasteiger partial charge in [0, 0.05) is 30.9 Å². The second-order valence-corrected chi connectivity index (χ2v) is 12.1. The van der Waals surface area contributed by atoms with Gasteiger partial charge in [0.05, 0.1) is 11.6 Å². The molecule has 2 N–H and O–H groups in total. The monoisotopic (exact) mass is 524 g/mol. The van der Waals surface area contributed by atoms with Gasteiger partial charge >= 0.3 is 5.97 Å². The SMILES string of the molecule is C/C=C1/NC(=O)[C@@H]2NC(=O)[C@@H](C(C)C)CC(=O)C[C@@H](/C=C\CCSS2)OC(=O)[C@H](C(C)C)CC1=O. The van der Waals surface area contributed by atoms with E-state index < -0.39 is 46.9 Å². The number of nitrogens with one attached hydrogen (secondary N) is 2. The molecule has 3 rings (SSSR count). The van der Waals surface area contributed by atoms with Crippen LogP contribution in [0.1, 0.15) is 60.3 Å². The molecule has 8 nitrogen and oxygen atoms in total. The van der Waals surface area contributed by atoms with Crippen molar-refractivity contribution in [3.05, 3.63) is 23.9 Å². The van der Waals surface area contributed by atoms with Crippen molar-refractivity contribution in [1.29, 1.82) is 0 Å². The Morgan fingerprint density at radius 1 is 0.971 bits per heavy atom. The number of rotatable bonds is 2. The van der Waals surface area contributed by atoms with Crippen LogP contribution in [0.3, 0.4) is 0 Å². The number of ether oxygens (including phenoxy) is 1. The molecule has 0 radical (unpaired) electrons. The molecule has 0 aromatic carbocycles. The molecule has 10 heteroatoms. The molecule has 3 heterocycles. The minimum Gasteiger partial charge on any atom is -0.457 e. The molecule has 0 aliphatic carbocycles. The summed E-state index contributed by atoms with van der Waals surface area (Å²) in [5.74, 6) is -3.19. The third-order valence-electron chi connectivity index (χ3n) is 6.04. The summed E-state index contributed by atoms with van der Waals surface area (Å²) in [4.78, 5) is 65.3. The summed E-state index contributed by atoms with van der Waals surface area (Å²) >= 11 is 0. The number of Topliss-reactive ketones (excluding diaryl/α,β-unsaturated/α-hetero) is 2. The zero-order valence-electron chi connectivity index (χ0n) is 21.0. The van der Waals surface area contributed by atoms with Crippen LogP contribution >= 0.6 is 21.6 Å². The second kappa shape index (κ2) is 13.9. The Labute approximate surface area is 215 Å². The number of allylic oxidation sites excluding steroid dienone is 3. The van der Waals surface area contributed by atoms with Gasteiger partial charge in [-0.15, -0.1) is 0 Å². The van der Waals surface area contributed by atoms with Crippen LogP contribution in [0.25, 0.3) is 0 Å². The van der Waals surface area contributed by atoms with E-state index in [0.717, 1.165) is 0 Å². The number of hydrogen-bond acceptors (Lipinski definition) is 8. The molecule has 0 spiro atoms. The highest BCUT2D eigenvalue weighted by Gasteiger charge is 2.34. The number of hydrogen-bond donors (Lipinski definition) is 2. The molecule has 35 heavy (non-hydrogen) atoms. The Morgan fingerprint density at radius 2 is 1.66 bits per heavy atom. The van der Waals surface area contributed by atoms with E-state index >= 15 is 0 Å². The van der Waals surface area contributed by atoms with Crippen LogP contribution in [0.5, 0.6) is 0 Å². The fourth-order valence-corrected chi connectivity index (χ4v) is 5.99. The lowest BCUT2D eigenvalue weighted by Crippen LogP contribution is -2.48. The van der Waals surface area contributed by atoms with Gasteiger partial charge < -0.3 is 15.4 Å². The summed E-state index contributed by atoms with van der Waals surface area (Å²) in [6, 6.07) is 0. The molecule has 0 aromatic rings. The third-order valence-corrected chi connectivity index (χ3v) is 8.59. The fraction of sp³-hybridized carbons (Fsp3) is 0.640. The molecule has 1 fully saturated rings. The molecule has 0 aromatic heterocycles. The van der Waals surface area contributed by atoms with E-state index in [-0.39, 0.29) is 42.6 Å². The molecule has 4 atom stereocenters. The first-order chi connectivity index (χ1) is 16.5. The minimum absolute atomic E-state index is 0.0241. The summed E-state index contributed by atoms with van der Waals surface area (Å²) in [7, 11) is 2.62. The number of ketones is 2. The molecule has 3 aliphatic heterocycles. The van der Waals surface area contributed by atoms with Crippen LogP contribution in [0.2, 0.25) is 0 Å². The van der Waals surface area contributed by atoms with E-state index in [9.17, 15) is 24.0 Å². The lowest BCUT2D eigenvalue weighted by atomic mass is 9.88. The van der Waals surface area contributed by atoms with Crippen molar-refractivity contribution in [2.24, 2.45) is 23.7 Å². The van der Waals surface area contributed by atoms with E-state index in [0.29, 0.717) is 12.2 Å². The van der Waals surface area contributed by atoms with Gasteiger partial charge in [-0.05, 0) is 31.3 Å². The summed E-state index contributed by atoms with van der Waals surface area (Å²) in [6.45, 7) is 8.97.